The molecule has 0 fully saturated rings. The lowest BCUT2D eigenvalue weighted by Crippen LogP contribution is -2.14. The fourth-order valence-electron chi connectivity index (χ4n) is 3.79. The normalized spacial score (nSPS) is 10.9. The minimum Gasteiger partial charge on any atom is -0.478 e. The molecule has 158 valence electrons. The highest BCUT2D eigenvalue weighted by Crippen LogP contribution is 2.24. The van der Waals surface area contributed by atoms with Gasteiger partial charge in [0, 0.05) is 0 Å². The zero-order valence-electron chi connectivity index (χ0n) is 17.8. The minimum absolute atomic E-state index is 0.00275. The molecule has 4 nitrogen and oxygen atoms in total. The first-order valence-electron chi connectivity index (χ1n) is 11.1. The van der Waals surface area contributed by atoms with Gasteiger partial charge in [-0.25, -0.2) is 9.59 Å². The van der Waals surface area contributed by atoms with E-state index in [0.29, 0.717) is 6.42 Å². The van der Waals surface area contributed by atoms with E-state index in [1.54, 1.807) is 0 Å². The van der Waals surface area contributed by atoms with E-state index in [-0.39, 0.29) is 11.1 Å². The molecule has 0 aliphatic heterocycles. The molecule has 0 aliphatic carbocycles. The van der Waals surface area contributed by atoms with Crippen molar-refractivity contribution in [1.29, 1.82) is 0 Å². The van der Waals surface area contributed by atoms with Crippen LogP contribution in [0.25, 0.3) is 0 Å². The Hall–Kier alpha value is -1.84. The zero-order valence-corrected chi connectivity index (χ0v) is 17.8. The van der Waals surface area contributed by atoms with Gasteiger partial charge in [-0.05, 0) is 42.9 Å². The van der Waals surface area contributed by atoms with Gasteiger partial charge in [0.15, 0.2) is 0 Å². The van der Waals surface area contributed by atoms with E-state index in [0.717, 1.165) is 43.2 Å². The van der Waals surface area contributed by atoms with Crippen molar-refractivity contribution in [3.8, 4) is 0 Å². The van der Waals surface area contributed by atoms with Crippen molar-refractivity contribution < 1.29 is 19.8 Å². The van der Waals surface area contributed by atoms with Crippen LogP contribution < -0.4 is 0 Å². The van der Waals surface area contributed by atoms with Crippen LogP contribution in [-0.2, 0) is 12.8 Å². The lowest BCUT2D eigenvalue weighted by Gasteiger charge is -2.15. The average molecular weight is 391 g/mol. The molecule has 2 N–H and O–H groups in total. The van der Waals surface area contributed by atoms with Gasteiger partial charge < -0.3 is 10.2 Å². The molecule has 0 aromatic heterocycles. The molecule has 0 radical (unpaired) electrons. The zero-order chi connectivity index (χ0) is 20.8. The highest BCUT2D eigenvalue weighted by Gasteiger charge is 2.22. The highest BCUT2D eigenvalue weighted by molar-refractivity contribution is 6.03. The van der Waals surface area contributed by atoms with E-state index in [1.165, 1.54) is 57.4 Å². The number of unbranched alkanes of at least 4 members (excludes halogenated alkanes) is 10. The molecule has 28 heavy (non-hydrogen) atoms. The Morgan fingerprint density at radius 2 is 1.21 bits per heavy atom. The average Bonchev–Trinajstić information content (AvgIpc) is 2.67. The molecular formula is C24H38O4. The molecule has 0 saturated heterocycles. The molecule has 4 heteroatoms. The summed E-state index contributed by atoms with van der Waals surface area (Å²) < 4.78 is 0. The van der Waals surface area contributed by atoms with Crippen molar-refractivity contribution in [2.45, 2.75) is 104 Å². The molecule has 0 bridgehead atoms. The van der Waals surface area contributed by atoms with Crippen LogP contribution in [0.4, 0.5) is 0 Å². The van der Waals surface area contributed by atoms with Crippen LogP contribution in [0.1, 0.15) is 123 Å². The molecule has 1 aromatic carbocycles. The SMILES string of the molecule is CCCCCCCCCCCCc1c(CCCC)ccc(C(=O)O)c1C(=O)O. The predicted octanol–water partition coefficient (Wildman–Crippen LogP) is 6.89. The number of carboxylic acid groups (broad SMARTS) is 2. The van der Waals surface area contributed by atoms with E-state index < -0.39 is 11.9 Å². The van der Waals surface area contributed by atoms with Gasteiger partial charge in [-0.1, -0.05) is 84.1 Å². The van der Waals surface area contributed by atoms with Crippen LogP contribution in [0.5, 0.6) is 0 Å². The number of aryl methyl sites for hydroxylation is 1. The molecule has 0 unspecified atom stereocenters. The summed E-state index contributed by atoms with van der Waals surface area (Å²) in [6.07, 6.45) is 15.7. The summed E-state index contributed by atoms with van der Waals surface area (Å²) >= 11 is 0. The van der Waals surface area contributed by atoms with Crippen LogP contribution >= 0.6 is 0 Å². The number of hydrogen-bond donors (Lipinski definition) is 2. The molecule has 0 heterocycles. The van der Waals surface area contributed by atoms with E-state index >= 15 is 0 Å². The Kier molecular flexibility index (Phi) is 12.3. The first-order chi connectivity index (χ1) is 13.5. The van der Waals surface area contributed by atoms with Crippen molar-refractivity contribution >= 4 is 11.9 Å². The van der Waals surface area contributed by atoms with E-state index in [1.807, 2.05) is 6.07 Å². The lowest BCUT2D eigenvalue weighted by molar-refractivity contribution is 0.0650. The van der Waals surface area contributed by atoms with Crippen LogP contribution in [0.15, 0.2) is 12.1 Å². The fourth-order valence-corrected chi connectivity index (χ4v) is 3.79. The summed E-state index contributed by atoms with van der Waals surface area (Å²) in [5.41, 5.74) is 1.65. The van der Waals surface area contributed by atoms with Gasteiger partial charge in [0.05, 0.1) is 11.1 Å². The number of aromatic carboxylic acids is 2. The standard InChI is InChI=1S/C24H38O4/c1-3-5-7-8-9-10-11-12-13-14-16-20-19(15-6-4-2)17-18-21(23(25)26)22(20)24(27)28/h17-18H,3-16H2,1-2H3,(H,25,26)(H,27,28). The van der Waals surface area contributed by atoms with Crippen molar-refractivity contribution in [2.75, 3.05) is 0 Å². The second-order valence-electron chi connectivity index (χ2n) is 7.77. The number of carboxylic acids is 2. The second-order valence-corrected chi connectivity index (χ2v) is 7.77. The lowest BCUT2D eigenvalue weighted by atomic mass is 9.89. The molecule has 0 atom stereocenters. The summed E-state index contributed by atoms with van der Waals surface area (Å²) in [7, 11) is 0. The summed E-state index contributed by atoms with van der Waals surface area (Å²) in [5.74, 6) is -2.29. The Labute approximate surface area is 170 Å². The third kappa shape index (κ3) is 8.45. The van der Waals surface area contributed by atoms with E-state index in [9.17, 15) is 19.8 Å². The maximum atomic E-state index is 11.8. The van der Waals surface area contributed by atoms with Gasteiger partial charge >= 0.3 is 11.9 Å². The number of rotatable bonds is 16. The van der Waals surface area contributed by atoms with Crippen molar-refractivity contribution in [1.82, 2.24) is 0 Å². The Morgan fingerprint density at radius 1 is 0.679 bits per heavy atom. The van der Waals surface area contributed by atoms with Crippen molar-refractivity contribution in [3.05, 3.63) is 34.4 Å². The molecular weight excluding hydrogens is 352 g/mol. The summed E-state index contributed by atoms with van der Waals surface area (Å²) in [6, 6.07) is 3.27. The third-order valence-electron chi connectivity index (χ3n) is 5.43. The smallest absolute Gasteiger partial charge is 0.336 e. The first-order valence-corrected chi connectivity index (χ1v) is 11.1. The van der Waals surface area contributed by atoms with E-state index in [2.05, 4.69) is 13.8 Å². The number of hydrogen-bond acceptors (Lipinski definition) is 2. The molecule has 1 rings (SSSR count). The summed E-state index contributed by atoms with van der Waals surface area (Å²) in [5, 5.41) is 19.0. The van der Waals surface area contributed by atoms with Crippen LogP contribution in [0, 0.1) is 0 Å². The van der Waals surface area contributed by atoms with Crippen LogP contribution in [-0.4, -0.2) is 22.2 Å². The minimum atomic E-state index is -1.16. The third-order valence-corrected chi connectivity index (χ3v) is 5.43. The second kappa shape index (κ2) is 14.2. The van der Waals surface area contributed by atoms with Crippen molar-refractivity contribution in [2.24, 2.45) is 0 Å². The van der Waals surface area contributed by atoms with Gasteiger partial charge in [0.25, 0.3) is 0 Å². The fraction of sp³-hybridized carbons (Fsp3) is 0.667. The van der Waals surface area contributed by atoms with E-state index in [4.69, 9.17) is 0 Å². The molecule has 1 aromatic rings. The maximum absolute atomic E-state index is 11.8. The highest BCUT2D eigenvalue weighted by atomic mass is 16.4. The van der Waals surface area contributed by atoms with Crippen LogP contribution in [0.2, 0.25) is 0 Å². The Balaban J connectivity index is 2.62. The molecule has 0 spiro atoms. The summed E-state index contributed by atoms with van der Waals surface area (Å²) in [4.78, 5) is 23.3. The molecule has 0 amide bonds. The largest absolute Gasteiger partial charge is 0.478 e. The maximum Gasteiger partial charge on any atom is 0.336 e. The topological polar surface area (TPSA) is 74.6 Å². The van der Waals surface area contributed by atoms with Gasteiger partial charge in [0.1, 0.15) is 0 Å². The Morgan fingerprint density at radius 3 is 1.71 bits per heavy atom. The van der Waals surface area contributed by atoms with Gasteiger partial charge in [-0.2, -0.15) is 0 Å². The number of benzene rings is 1. The monoisotopic (exact) mass is 390 g/mol. The quantitative estimate of drug-likeness (QED) is 0.301. The predicted molar refractivity (Wildman–Crippen MR) is 115 cm³/mol. The Bertz CT molecular complexity index is 607. The summed E-state index contributed by atoms with van der Waals surface area (Å²) in [6.45, 7) is 4.33. The van der Waals surface area contributed by atoms with Gasteiger partial charge in [-0.3, -0.25) is 0 Å². The molecule has 0 aliphatic rings. The molecule has 0 saturated carbocycles. The first kappa shape index (κ1) is 24.2. The van der Waals surface area contributed by atoms with Gasteiger partial charge in [0.2, 0.25) is 0 Å². The van der Waals surface area contributed by atoms with Crippen molar-refractivity contribution in [3.63, 3.8) is 0 Å². The number of carbonyl (C=O) groups is 2. The van der Waals surface area contributed by atoms with Crippen LogP contribution in [0.3, 0.4) is 0 Å². The van der Waals surface area contributed by atoms with Gasteiger partial charge in [-0.15, -0.1) is 0 Å².